The minimum absolute atomic E-state index is 0.290. The van der Waals surface area contributed by atoms with Crippen LogP contribution in [-0.2, 0) is 0 Å². The SMILES string of the molecule is Cc1c(C(=O)NNC(=S)NCCC(C)C)oc2ccccc12. The van der Waals surface area contributed by atoms with Gasteiger partial charge >= 0.3 is 5.91 Å². The van der Waals surface area contributed by atoms with Crippen molar-refractivity contribution in [3.05, 3.63) is 35.6 Å². The molecule has 0 unspecified atom stereocenters. The first-order valence-corrected chi connectivity index (χ1v) is 7.72. The van der Waals surface area contributed by atoms with E-state index in [0.717, 1.165) is 23.9 Å². The molecule has 0 saturated heterocycles. The Morgan fingerprint density at radius 3 is 2.68 bits per heavy atom. The number of furan rings is 1. The maximum Gasteiger partial charge on any atom is 0.305 e. The average Bonchev–Trinajstić information content (AvgIpc) is 2.82. The van der Waals surface area contributed by atoms with E-state index in [9.17, 15) is 4.79 Å². The summed E-state index contributed by atoms with van der Waals surface area (Å²) >= 11 is 5.10. The molecule has 2 rings (SSSR count). The summed E-state index contributed by atoms with van der Waals surface area (Å²) in [6.45, 7) is 6.91. The summed E-state index contributed by atoms with van der Waals surface area (Å²) in [6, 6.07) is 7.55. The van der Waals surface area contributed by atoms with Crippen LogP contribution < -0.4 is 16.2 Å². The Kier molecular flexibility index (Phi) is 5.38. The van der Waals surface area contributed by atoms with Gasteiger partial charge in [0.25, 0.3) is 0 Å². The van der Waals surface area contributed by atoms with Crippen LogP contribution in [0.4, 0.5) is 0 Å². The van der Waals surface area contributed by atoms with Crippen LogP contribution >= 0.6 is 12.2 Å². The molecule has 5 nitrogen and oxygen atoms in total. The highest BCUT2D eigenvalue weighted by Crippen LogP contribution is 2.24. The zero-order chi connectivity index (χ0) is 16.1. The molecule has 0 atom stereocenters. The van der Waals surface area contributed by atoms with E-state index < -0.39 is 0 Å². The molecule has 22 heavy (non-hydrogen) atoms. The largest absolute Gasteiger partial charge is 0.451 e. The van der Waals surface area contributed by atoms with Crippen LogP contribution in [0.5, 0.6) is 0 Å². The summed E-state index contributed by atoms with van der Waals surface area (Å²) in [7, 11) is 0. The number of amides is 1. The van der Waals surface area contributed by atoms with Gasteiger partial charge in [-0.2, -0.15) is 0 Å². The lowest BCUT2D eigenvalue weighted by molar-refractivity contribution is 0.0917. The van der Waals surface area contributed by atoms with Crippen LogP contribution in [0.3, 0.4) is 0 Å². The number of thiocarbonyl (C=S) groups is 1. The molecule has 0 bridgehead atoms. The Hall–Kier alpha value is -2.08. The van der Waals surface area contributed by atoms with E-state index in [1.807, 2.05) is 31.2 Å². The fraction of sp³-hybridized carbons (Fsp3) is 0.375. The van der Waals surface area contributed by atoms with Gasteiger partial charge in [0.05, 0.1) is 0 Å². The molecule has 0 aliphatic heterocycles. The summed E-state index contributed by atoms with van der Waals surface area (Å²) in [5, 5.41) is 4.36. The number of hydrazine groups is 1. The Morgan fingerprint density at radius 1 is 1.27 bits per heavy atom. The van der Waals surface area contributed by atoms with Crippen LogP contribution in [0, 0.1) is 12.8 Å². The van der Waals surface area contributed by atoms with Crippen molar-refractivity contribution in [2.45, 2.75) is 27.2 Å². The zero-order valence-electron chi connectivity index (χ0n) is 13.0. The van der Waals surface area contributed by atoms with Crippen molar-refractivity contribution in [2.24, 2.45) is 5.92 Å². The lowest BCUT2D eigenvalue weighted by Crippen LogP contribution is -2.47. The number of carbonyl (C=O) groups is 1. The summed E-state index contributed by atoms with van der Waals surface area (Å²) in [5.74, 6) is 0.545. The van der Waals surface area contributed by atoms with Gasteiger partial charge in [-0.25, -0.2) is 0 Å². The molecule has 1 aromatic heterocycles. The van der Waals surface area contributed by atoms with Crippen LogP contribution in [0.15, 0.2) is 28.7 Å². The normalized spacial score (nSPS) is 10.7. The van der Waals surface area contributed by atoms with Gasteiger partial charge in [-0.1, -0.05) is 32.0 Å². The van der Waals surface area contributed by atoms with Crippen molar-refractivity contribution in [2.75, 3.05) is 6.54 Å². The minimum atomic E-state index is -0.346. The molecule has 3 N–H and O–H groups in total. The van der Waals surface area contributed by atoms with Gasteiger partial charge in [0.1, 0.15) is 5.58 Å². The molecular formula is C16H21N3O2S. The van der Waals surface area contributed by atoms with E-state index in [1.54, 1.807) is 0 Å². The van der Waals surface area contributed by atoms with Crippen molar-refractivity contribution >= 4 is 34.2 Å². The van der Waals surface area contributed by atoms with E-state index in [2.05, 4.69) is 30.0 Å². The number of nitrogens with one attached hydrogen (secondary N) is 3. The Bertz CT molecular complexity index is 679. The highest BCUT2D eigenvalue weighted by atomic mass is 32.1. The Balaban J connectivity index is 1.91. The number of aryl methyl sites for hydroxylation is 1. The first-order valence-electron chi connectivity index (χ1n) is 7.31. The van der Waals surface area contributed by atoms with Gasteiger partial charge < -0.3 is 9.73 Å². The maximum atomic E-state index is 12.2. The van der Waals surface area contributed by atoms with Crippen molar-refractivity contribution < 1.29 is 9.21 Å². The minimum Gasteiger partial charge on any atom is -0.451 e. The summed E-state index contributed by atoms with van der Waals surface area (Å²) in [6.07, 6.45) is 1.01. The summed E-state index contributed by atoms with van der Waals surface area (Å²) in [4.78, 5) is 12.2. The first kappa shape index (κ1) is 16.3. The third-order valence-electron chi connectivity index (χ3n) is 3.35. The standard InChI is InChI=1S/C16H21N3O2S/c1-10(2)8-9-17-16(22)19-18-15(20)14-11(3)12-6-4-5-7-13(12)21-14/h4-7,10H,8-9H2,1-3H3,(H,18,20)(H2,17,19,22). The number of fused-ring (bicyclic) bond motifs is 1. The highest BCUT2D eigenvalue weighted by molar-refractivity contribution is 7.80. The lowest BCUT2D eigenvalue weighted by Gasteiger charge is -2.11. The van der Waals surface area contributed by atoms with Crippen molar-refractivity contribution in [3.63, 3.8) is 0 Å². The van der Waals surface area contributed by atoms with E-state index >= 15 is 0 Å². The molecule has 1 heterocycles. The maximum absolute atomic E-state index is 12.2. The fourth-order valence-electron chi connectivity index (χ4n) is 2.08. The number of rotatable bonds is 4. The van der Waals surface area contributed by atoms with E-state index in [1.165, 1.54) is 0 Å². The second-order valence-corrected chi connectivity index (χ2v) is 5.98. The molecule has 0 fully saturated rings. The molecule has 1 amide bonds. The van der Waals surface area contributed by atoms with Gasteiger partial charge in [-0.05, 0) is 37.5 Å². The van der Waals surface area contributed by atoms with Gasteiger partial charge in [0.15, 0.2) is 10.9 Å². The molecule has 6 heteroatoms. The van der Waals surface area contributed by atoms with Gasteiger partial charge in [-0.3, -0.25) is 15.6 Å². The van der Waals surface area contributed by atoms with Crippen LogP contribution in [0.25, 0.3) is 11.0 Å². The highest BCUT2D eigenvalue weighted by Gasteiger charge is 2.17. The zero-order valence-corrected chi connectivity index (χ0v) is 13.8. The second kappa shape index (κ2) is 7.26. The van der Waals surface area contributed by atoms with Crippen LogP contribution in [-0.4, -0.2) is 17.6 Å². The Morgan fingerprint density at radius 2 is 2.00 bits per heavy atom. The smallest absolute Gasteiger partial charge is 0.305 e. The predicted octanol–water partition coefficient (Wildman–Crippen LogP) is 2.90. The molecule has 0 aliphatic carbocycles. The first-order chi connectivity index (χ1) is 10.5. The number of carbonyl (C=O) groups excluding carboxylic acids is 1. The monoisotopic (exact) mass is 319 g/mol. The molecule has 2 aromatic rings. The van der Waals surface area contributed by atoms with Gasteiger partial charge in [0.2, 0.25) is 0 Å². The summed E-state index contributed by atoms with van der Waals surface area (Å²) < 4.78 is 5.59. The molecule has 118 valence electrons. The van der Waals surface area contributed by atoms with Crippen molar-refractivity contribution in [1.29, 1.82) is 0 Å². The molecule has 1 aromatic carbocycles. The number of hydrogen-bond donors (Lipinski definition) is 3. The predicted molar refractivity (Wildman–Crippen MR) is 91.6 cm³/mol. The second-order valence-electron chi connectivity index (χ2n) is 5.57. The van der Waals surface area contributed by atoms with Crippen molar-refractivity contribution in [3.8, 4) is 0 Å². The van der Waals surface area contributed by atoms with Gasteiger partial charge in [-0.15, -0.1) is 0 Å². The molecule has 0 spiro atoms. The third kappa shape index (κ3) is 3.98. The third-order valence-corrected chi connectivity index (χ3v) is 3.59. The number of hydrogen-bond acceptors (Lipinski definition) is 3. The van der Waals surface area contributed by atoms with E-state index in [-0.39, 0.29) is 5.91 Å². The quantitative estimate of drug-likeness (QED) is 0.597. The van der Waals surface area contributed by atoms with Crippen LogP contribution in [0.2, 0.25) is 0 Å². The molecular weight excluding hydrogens is 298 g/mol. The van der Waals surface area contributed by atoms with E-state index in [0.29, 0.717) is 22.4 Å². The molecule has 0 saturated carbocycles. The van der Waals surface area contributed by atoms with E-state index in [4.69, 9.17) is 16.6 Å². The lowest BCUT2D eigenvalue weighted by atomic mass is 10.1. The molecule has 0 radical (unpaired) electrons. The fourth-order valence-corrected chi connectivity index (χ4v) is 2.23. The topological polar surface area (TPSA) is 66.3 Å². The van der Waals surface area contributed by atoms with Gasteiger partial charge in [0, 0.05) is 17.5 Å². The van der Waals surface area contributed by atoms with Crippen molar-refractivity contribution in [1.82, 2.24) is 16.2 Å². The van der Waals surface area contributed by atoms with Crippen LogP contribution in [0.1, 0.15) is 36.4 Å². The summed E-state index contributed by atoms with van der Waals surface area (Å²) in [5.41, 5.74) is 6.75. The molecule has 0 aliphatic rings. The number of benzene rings is 1. The number of para-hydroxylation sites is 1. The average molecular weight is 319 g/mol. The Labute approximate surface area is 135 Å².